The number of hydrogen-bond acceptors (Lipinski definition) is 7. The number of aromatic nitrogens is 5. The van der Waals surface area contributed by atoms with Gasteiger partial charge in [0.15, 0.2) is 5.65 Å². The molecule has 1 fully saturated rings. The molecule has 11 heteroatoms. The molecule has 3 aromatic heterocycles. The van der Waals surface area contributed by atoms with Gasteiger partial charge in [-0.15, -0.1) is 0 Å². The second-order valence-electron chi connectivity index (χ2n) is 10.1. The van der Waals surface area contributed by atoms with Gasteiger partial charge in [-0.3, -0.25) is 4.79 Å². The van der Waals surface area contributed by atoms with Gasteiger partial charge in [-0.25, -0.2) is 28.7 Å². The molecule has 1 aromatic carbocycles. The van der Waals surface area contributed by atoms with Gasteiger partial charge in [-0.1, -0.05) is 38.1 Å². The highest BCUT2D eigenvalue weighted by Crippen LogP contribution is 2.36. The van der Waals surface area contributed by atoms with Gasteiger partial charge in [0.25, 0.3) is 0 Å². The number of benzene rings is 1. The van der Waals surface area contributed by atoms with Gasteiger partial charge >= 0.3 is 5.69 Å². The molecule has 4 heterocycles. The number of hydrogen-bond donors (Lipinski definition) is 0. The van der Waals surface area contributed by atoms with Crippen molar-refractivity contribution in [3.05, 3.63) is 81.5 Å². The summed E-state index contributed by atoms with van der Waals surface area (Å²) in [5.74, 6) is -0.217. The lowest BCUT2D eigenvalue weighted by molar-refractivity contribution is -0.126. The van der Waals surface area contributed by atoms with Crippen LogP contribution in [0.4, 0.5) is 10.2 Å². The Morgan fingerprint density at radius 2 is 1.85 bits per heavy atom. The number of carbonyl (C=O) groups excluding carboxylic acids is 1. The lowest BCUT2D eigenvalue weighted by Gasteiger charge is -2.40. The van der Waals surface area contributed by atoms with Crippen molar-refractivity contribution in [1.29, 1.82) is 0 Å². The van der Waals surface area contributed by atoms with Crippen molar-refractivity contribution in [3.8, 4) is 16.9 Å². The quantitative estimate of drug-likeness (QED) is 0.308. The van der Waals surface area contributed by atoms with E-state index in [1.807, 2.05) is 25.7 Å². The summed E-state index contributed by atoms with van der Waals surface area (Å²) in [6.45, 7) is 12.5. The van der Waals surface area contributed by atoms with Gasteiger partial charge in [0, 0.05) is 31.2 Å². The van der Waals surface area contributed by atoms with Gasteiger partial charge in [0.2, 0.25) is 5.91 Å². The van der Waals surface area contributed by atoms with Crippen LogP contribution in [-0.2, 0) is 17.6 Å². The third kappa shape index (κ3) is 5.08. The number of amides is 1. The molecule has 0 unspecified atom stereocenters. The molecule has 9 nitrogen and oxygen atoms in total. The molecule has 5 rings (SSSR count). The Balaban J connectivity index is 1.81. The number of piperazine rings is 1. The van der Waals surface area contributed by atoms with E-state index >= 15 is 4.39 Å². The molecule has 0 bridgehead atoms. The van der Waals surface area contributed by atoms with Crippen molar-refractivity contribution in [1.82, 2.24) is 29.4 Å². The minimum absolute atomic E-state index is 0.150. The molecule has 1 amide bonds. The molecule has 1 aliphatic heterocycles. The van der Waals surface area contributed by atoms with Crippen molar-refractivity contribution in [2.45, 2.75) is 46.6 Å². The first-order valence-corrected chi connectivity index (χ1v) is 14.0. The average Bonchev–Trinajstić information content (AvgIpc) is 2.96. The number of pyridine rings is 1. The van der Waals surface area contributed by atoms with Crippen molar-refractivity contribution in [2.24, 2.45) is 0 Å². The second kappa shape index (κ2) is 11.4. The maximum Gasteiger partial charge on any atom is 0.355 e. The summed E-state index contributed by atoms with van der Waals surface area (Å²) in [5, 5.41) is 0.742. The zero-order valence-electron chi connectivity index (χ0n) is 23.5. The molecule has 4 aromatic rings. The lowest BCUT2D eigenvalue weighted by atomic mass is 10.1. The van der Waals surface area contributed by atoms with Crippen molar-refractivity contribution < 1.29 is 9.18 Å². The summed E-state index contributed by atoms with van der Waals surface area (Å²) in [6.07, 6.45) is 3.87. The van der Waals surface area contributed by atoms with Gasteiger partial charge in [0.1, 0.15) is 18.0 Å². The van der Waals surface area contributed by atoms with Gasteiger partial charge in [-0.2, -0.15) is 4.98 Å². The Bertz CT molecular complexity index is 1720. The summed E-state index contributed by atoms with van der Waals surface area (Å²) in [4.78, 5) is 48.2. The Kier molecular flexibility index (Phi) is 7.86. The second-order valence-corrected chi connectivity index (χ2v) is 10.5. The number of carbonyl (C=O) groups is 1. The first-order valence-electron chi connectivity index (χ1n) is 13.6. The Hall–Kier alpha value is -4.18. The van der Waals surface area contributed by atoms with Gasteiger partial charge in [-0.05, 0) is 56.5 Å². The Morgan fingerprint density at radius 1 is 1.15 bits per heavy atom. The number of rotatable bonds is 6. The van der Waals surface area contributed by atoms with Crippen molar-refractivity contribution in [3.63, 3.8) is 0 Å². The van der Waals surface area contributed by atoms with Crippen LogP contribution in [0.25, 0.3) is 28.0 Å². The third-order valence-corrected chi connectivity index (χ3v) is 7.72. The number of nitrogens with zero attached hydrogens (tertiary/aromatic N) is 7. The fourth-order valence-electron chi connectivity index (χ4n) is 5.36. The van der Waals surface area contributed by atoms with E-state index in [0.29, 0.717) is 60.8 Å². The van der Waals surface area contributed by atoms with Crippen molar-refractivity contribution >= 4 is 34.4 Å². The molecule has 0 saturated carbocycles. The highest BCUT2D eigenvalue weighted by atomic mass is 35.5. The SMILES string of the molecule is C=CC(=O)N1CCN(c2nc(=O)n(-c3c(CC)ncnc3CC)c3nc(-c4ccc(C)cc4F)c(Cl)cc23)[C@@H](C)C1. The van der Waals surface area contributed by atoms with Crippen LogP contribution in [0.2, 0.25) is 5.02 Å². The highest BCUT2D eigenvalue weighted by molar-refractivity contribution is 6.33. The topological polar surface area (TPSA) is 97.1 Å². The van der Waals surface area contributed by atoms with Gasteiger partial charge < -0.3 is 9.80 Å². The maximum atomic E-state index is 15.2. The summed E-state index contributed by atoms with van der Waals surface area (Å²) in [6, 6.07) is 6.36. The van der Waals surface area contributed by atoms with Gasteiger partial charge in [0.05, 0.1) is 33.2 Å². The Labute approximate surface area is 242 Å². The smallest absolute Gasteiger partial charge is 0.350 e. The first kappa shape index (κ1) is 28.4. The maximum absolute atomic E-state index is 15.2. The van der Waals surface area contributed by atoms with E-state index in [-0.39, 0.29) is 33.9 Å². The van der Waals surface area contributed by atoms with Crippen LogP contribution in [0.15, 0.2) is 48.0 Å². The van der Waals surface area contributed by atoms with Crippen LogP contribution in [0, 0.1) is 12.7 Å². The summed E-state index contributed by atoms with van der Waals surface area (Å²) >= 11 is 6.78. The highest BCUT2D eigenvalue weighted by Gasteiger charge is 2.30. The largest absolute Gasteiger partial charge is 0.355 e. The van der Waals surface area contributed by atoms with E-state index in [2.05, 4.69) is 21.5 Å². The summed E-state index contributed by atoms with van der Waals surface area (Å²) < 4.78 is 16.6. The first-order chi connectivity index (χ1) is 19.7. The molecule has 0 radical (unpaired) electrons. The van der Waals surface area contributed by atoms with Crippen LogP contribution in [0.3, 0.4) is 0 Å². The van der Waals surface area contributed by atoms with E-state index in [9.17, 15) is 9.59 Å². The molecular formula is C30H31ClFN7O2. The predicted molar refractivity (Wildman–Crippen MR) is 158 cm³/mol. The lowest BCUT2D eigenvalue weighted by Crippen LogP contribution is -2.54. The molecule has 1 atom stereocenters. The minimum Gasteiger partial charge on any atom is -0.350 e. The fourth-order valence-corrected chi connectivity index (χ4v) is 5.61. The Morgan fingerprint density at radius 3 is 2.46 bits per heavy atom. The summed E-state index contributed by atoms with van der Waals surface area (Å²) in [7, 11) is 0. The van der Waals surface area contributed by atoms with E-state index in [4.69, 9.17) is 16.6 Å². The van der Waals surface area contributed by atoms with E-state index in [1.165, 1.54) is 23.0 Å². The fraction of sp³-hybridized carbons (Fsp3) is 0.333. The predicted octanol–water partition coefficient (Wildman–Crippen LogP) is 4.69. The molecule has 212 valence electrons. The zero-order chi connectivity index (χ0) is 29.4. The molecule has 1 saturated heterocycles. The number of anilines is 1. The molecule has 1 aliphatic rings. The van der Waals surface area contributed by atoms with E-state index in [1.54, 1.807) is 30.0 Å². The molecule has 0 N–H and O–H groups in total. The third-order valence-electron chi connectivity index (χ3n) is 7.43. The number of halogens is 2. The van der Waals surface area contributed by atoms with Crippen LogP contribution in [0.5, 0.6) is 0 Å². The monoisotopic (exact) mass is 575 g/mol. The zero-order valence-corrected chi connectivity index (χ0v) is 24.2. The average molecular weight is 576 g/mol. The molecular weight excluding hydrogens is 545 g/mol. The standard InChI is InChI=1S/C30H31ClFN7O2/c1-6-23-27(24(7-2)34-16-33-23)39-29-20(14-21(31)26(35-29)19-10-9-17(4)13-22(19)32)28(36-30(39)41)38-12-11-37(15-18(38)5)25(40)8-3/h8-10,13-14,16,18H,3,6-7,11-12,15H2,1-2,4-5H3/t18-/m0/s1. The minimum atomic E-state index is -0.561. The molecule has 41 heavy (non-hydrogen) atoms. The normalized spacial score (nSPS) is 15.4. The molecule has 0 spiro atoms. The summed E-state index contributed by atoms with van der Waals surface area (Å²) in [5.41, 5.74) is 2.76. The van der Waals surface area contributed by atoms with Crippen molar-refractivity contribution in [2.75, 3.05) is 24.5 Å². The molecule has 0 aliphatic carbocycles. The number of fused-ring (bicyclic) bond motifs is 1. The number of aryl methyl sites for hydroxylation is 3. The van der Waals surface area contributed by atoms with Crippen LogP contribution in [-0.4, -0.2) is 61.0 Å². The van der Waals surface area contributed by atoms with E-state index in [0.717, 1.165) is 5.56 Å². The van der Waals surface area contributed by atoms with Crippen LogP contribution in [0.1, 0.15) is 37.7 Å². The van der Waals surface area contributed by atoms with Crippen LogP contribution >= 0.6 is 11.6 Å². The van der Waals surface area contributed by atoms with Crippen LogP contribution < -0.4 is 10.6 Å². The van der Waals surface area contributed by atoms with E-state index < -0.39 is 11.5 Å².